The van der Waals surface area contributed by atoms with Crippen molar-refractivity contribution >= 4 is 35.8 Å². The Bertz CT molecular complexity index is 469. The van der Waals surface area contributed by atoms with Crippen LogP contribution in [0.1, 0.15) is 18.4 Å². The molecule has 21 heavy (non-hydrogen) atoms. The molecule has 0 radical (unpaired) electrons. The molecule has 0 atom stereocenters. The van der Waals surface area contributed by atoms with Crippen molar-refractivity contribution in [3.05, 3.63) is 23.9 Å². The molecule has 1 aromatic heterocycles. The molecule has 1 aliphatic heterocycles. The van der Waals surface area contributed by atoms with Crippen LogP contribution in [-0.2, 0) is 11.3 Å². The number of nitrogens with two attached hydrogens (primary N) is 1. The van der Waals surface area contributed by atoms with Crippen LogP contribution >= 0.6 is 24.0 Å². The average molecular weight is 403 g/mol. The number of aliphatic imine (C=N–C) groups is 1. The van der Waals surface area contributed by atoms with Gasteiger partial charge in [0.2, 0.25) is 0 Å². The molecule has 1 aromatic rings. The van der Waals surface area contributed by atoms with E-state index in [0.717, 1.165) is 37.7 Å². The molecule has 3 rings (SSSR count). The number of aromatic nitrogens is 1. The van der Waals surface area contributed by atoms with E-state index in [4.69, 9.17) is 10.5 Å². The van der Waals surface area contributed by atoms with Gasteiger partial charge in [-0.15, -0.1) is 24.0 Å². The number of hydrogen-bond acceptors (Lipinski definition) is 4. The number of nitrogens with one attached hydrogen (secondary N) is 1. The van der Waals surface area contributed by atoms with Gasteiger partial charge in [0.25, 0.3) is 0 Å². The highest BCUT2D eigenvalue weighted by atomic mass is 127. The summed E-state index contributed by atoms with van der Waals surface area (Å²) in [7, 11) is 0. The normalized spacial score (nSPS) is 19.0. The van der Waals surface area contributed by atoms with Gasteiger partial charge in [-0.3, -0.25) is 0 Å². The third-order valence-corrected chi connectivity index (χ3v) is 3.51. The minimum absolute atomic E-state index is 0. The van der Waals surface area contributed by atoms with Gasteiger partial charge >= 0.3 is 0 Å². The molecule has 3 N–H and O–H groups in total. The smallest absolute Gasteiger partial charge is 0.189 e. The van der Waals surface area contributed by atoms with Gasteiger partial charge in [-0.25, -0.2) is 9.98 Å². The number of anilines is 1. The van der Waals surface area contributed by atoms with Crippen molar-refractivity contribution in [1.29, 1.82) is 0 Å². The van der Waals surface area contributed by atoms with E-state index in [2.05, 4.69) is 26.3 Å². The molecular weight excluding hydrogens is 381 g/mol. The molecule has 1 saturated heterocycles. The van der Waals surface area contributed by atoms with Crippen LogP contribution in [0.2, 0.25) is 0 Å². The van der Waals surface area contributed by atoms with E-state index in [1.54, 1.807) is 0 Å². The van der Waals surface area contributed by atoms with Crippen LogP contribution in [-0.4, -0.2) is 43.3 Å². The van der Waals surface area contributed by atoms with Gasteiger partial charge in [-0.2, -0.15) is 0 Å². The first-order valence-corrected chi connectivity index (χ1v) is 7.15. The second-order valence-electron chi connectivity index (χ2n) is 5.24. The lowest BCUT2D eigenvalue weighted by Crippen LogP contribution is -2.36. The molecule has 1 aliphatic carbocycles. The standard InChI is InChI=1S/C14H21N5O.HI/c15-14(18-12-2-3-12)17-10-11-1-4-13(16-9-11)19-5-7-20-8-6-19;/h1,4,9,12H,2-3,5-8,10H2,(H3,15,17,18);1H. The largest absolute Gasteiger partial charge is 0.378 e. The Morgan fingerprint density at radius 3 is 2.76 bits per heavy atom. The molecule has 116 valence electrons. The highest BCUT2D eigenvalue weighted by Gasteiger charge is 2.21. The monoisotopic (exact) mass is 403 g/mol. The van der Waals surface area contributed by atoms with Crippen LogP contribution in [0.15, 0.2) is 23.3 Å². The second kappa shape index (κ2) is 7.79. The van der Waals surface area contributed by atoms with Crippen molar-refractivity contribution in [2.45, 2.75) is 25.4 Å². The maximum Gasteiger partial charge on any atom is 0.189 e. The predicted octanol–water partition coefficient (Wildman–Crippen LogP) is 1.10. The highest BCUT2D eigenvalue weighted by molar-refractivity contribution is 14.0. The summed E-state index contributed by atoms with van der Waals surface area (Å²) in [4.78, 5) is 11.1. The van der Waals surface area contributed by atoms with Crippen molar-refractivity contribution in [2.75, 3.05) is 31.2 Å². The summed E-state index contributed by atoms with van der Waals surface area (Å²) in [5.41, 5.74) is 6.88. The first kappa shape index (κ1) is 16.3. The molecule has 2 heterocycles. The van der Waals surface area contributed by atoms with Gasteiger partial charge in [0.15, 0.2) is 5.96 Å². The Labute approximate surface area is 142 Å². The van der Waals surface area contributed by atoms with Gasteiger partial charge < -0.3 is 20.7 Å². The number of halogens is 1. The lowest BCUT2D eigenvalue weighted by molar-refractivity contribution is 0.122. The van der Waals surface area contributed by atoms with Gasteiger partial charge in [-0.1, -0.05) is 6.07 Å². The van der Waals surface area contributed by atoms with Crippen molar-refractivity contribution in [3.63, 3.8) is 0 Å². The average Bonchev–Trinajstić information content (AvgIpc) is 3.31. The zero-order chi connectivity index (χ0) is 13.8. The lowest BCUT2D eigenvalue weighted by Gasteiger charge is -2.27. The van der Waals surface area contributed by atoms with Crippen LogP contribution in [0.4, 0.5) is 5.82 Å². The number of rotatable bonds is 4. The number of nitrogens with zero attached hydrogens (tertiary/aromatic N) is 3. The molecule has 6 nitrogen and oxygen atoms in total. The zero-order valence-corrected chi connectivity index (χ0v) is 14.3. The minimum atomic E-state index is 0. The first-order chi connectivity index (χ1) is 9.81. The molecule has 1 saturated carbocycles. The highest BCUT2D eigenvalue weighted by Crippen LogP contribution is 2.18. The number of ether oxygens (including phenoxy) is 1. The summed E-state index contributed by atoms with van der Waals surface area (Å²) in [5, 5.41) is 3.17. The van der Waals surface area contributed by atoms with Gasteiger partial charge in [0, 0.05) is 25.3 Å². The number of morpholine rings is 1. The molecule has 0 spiro atoms. The van der Waals surface area contributed by atoms with Gasteiger partial charge in [0.05, 0.1) is 19.8 Å². The molecule has 2 fully saturated rings. The van der Waals surface area contributed by atoms with E-state index in [1.807, 2.05) is 12.3 Å². The summed E-state index contributed by atoms with van der Waals surface area (Å²) in [6.45, 7) is 3.93. The minimum Gasteiger partial charge on any atom is -0.378 e. The molecule has 0 unspecified atom stereocenters. The Balaban J connectivity index is 0.00000161. The van der Waals surface area contributed by atoms with Crippen molar-refractivity contribution < 1.29 is 4.74 Å². The number of pyridine rings is 1. The van der Waals surface area contributed by atoms with Crippen LogP contribution in [0.5, 0.6) is 0 Å². The fourth-order valence-corrected chi connectivity index (χ4v) is 2.15. The van der Waals surface area contributed by atoms with Crippen LogP contribution in [0.25, 0.3) is 0 Å². The maximum atomic E-state index is 5.81. The molecule has 0 aromatic carbocycles. The molecule has 7 heteroatoms. The van der Waals surface area contributed by atoms with E-state index >= 15 is 0 Å². The Kier molecular flexibility index (Phi) is 6.04. The summed E-state index contributed by atoms with van der Waals surface area (Å²) < 4.78 is 5.34. The van der Waals surface area contributed by atoms with Crippen LogP contribution < -0.4 is 16.0 Å². The summed E-state index contributed by atoms with van der Waals surface area (Å²) in [6.07, 6.45) is 4.27. The predicted molar refractivity (Wildman–Crippen MR) is 94.2 cm³/mol. The quantitative estimate of drug-likeness (QED) is 0.448. The third kappa shape index (κ3) is 4.99. The van der Waals surface area contributed by atoms with Crippen molar-refractivity contribution in [2.24, 2.45) is 10.7 Å². The number of guanidine groups is 1. The molecule has 2 aliphatic rings. The summed E-state index contributed by atoms with van der Waals surface area (Å²) in [6, 6.07) is 4.65. The van der Waals surface area contributed by atoms with Gasteiger partial charge in [-0.05, 0) is 24.5 Å². The molecule has 0 bridgehead atoms. The Morgan fingerprint density at radius 1 is 1.38 bits per heavy atom. The van der Waals surface area contributed by atoms with E-state index in [9.17, 15) is 0 Å². The number of hydrogen-bond donors (Lipinski definition) is 2. The first-order valence-electron chi connectivity index (χ1n) is 7.15. The fourth-order valence-electron chi connectivity index (χ4n) is 2.15. The third-order valence-electron chi connectivity index (χ3n) is 3.51. The Hall–Kier alpha value is -1.09. The molecule has 0 amide bonds. The zero-order valence-electron chi connectivity index (χ0n) is 12.0. The summed E-state index contributed by atoms with van der Waals surface area (Å²) in [5.74, 6) is 1.54. The maximum absolute atomic E-state index is 5.81. The van der Waals surface area contributed by atoms with Crippen molar-refractivity contribution in [3.8, 4) is 0 Å². The van der Waals surface area contributed by atoms with E-state index in [1.165, 1.54) is 12.8 Å². The van der Waals surface area contributed by atoms with E-state index in [0.29, 0.717) is 18.5 Å². The van der Waals surface area contributed by atoms with Crippen LogP contribution in [0.3, 0.4) is 0 Å². The summed E-state index contributed by atoms with van der Waals surface area (Å²) >= 11 is 0. The van der Waals surface area contributed by atoms with Crippen LogP contribution in [0, 0.1) is 0 Å². The van der Waals surface area contributed by atoms with E-state index < -0.39 is 0 Å². The van der Waals surface area contributed by atoms with E-state index in [-0.39, 0.29) is 24.0 Å². The fraction of sp³-hybridized carbons (Fsp3) is 0.571. The second-order valence-corrected chi connectivity index (χ2v) is 5.24. The van der Waals surface area contributed by atoms with Gasteiger partial charge in [0.1, 0.15) is 5.82 Å². The Morgan fingerprint density at radius 2 is 2.14 bits per heavy atom. The molecular formula is C14H22IN5O. The van der Waals surface area contributed by atoms with Crippen molar-refractivity contribution in [1.82, 2.24) is 10.3 Å². The SMILES string of the molecule is I.NC(=NCc1ccc(N2CCOCC2)nc1)NC1CC1. The topological polar surface area (TPSA) is 75.8 Å². The lowest BCUT2D eigenvalue weighted by atomic mass is 10.2.